The molecule has 1 aromatic heterocycles. The summed E-state index contributed by atoms with van der Waals surface area (Å²) >= 11 is 0. The van der Waals surface area contributed by atoms with Gasteiger partial charge >= 0.3 is 0 Å². The van der Waals surface area contributed by atoms with Crippen LogP contribution >= 0.6 is 0 Å². The third-order valence-corrected chi connectivity index (χ3v) is 6.73. The lowest BCUT2D eigenvalue weighted by atomic mass is 10.0. The summed E-state index contributed by atoms with van der Waals surface area (Å²) in [6.45, 7) is 4.55. The standard InChI is InChI=1S/C24H29FN6O2/c1-15(32)30-6-4-22(28-18-5-8-33-14-18)20(13-30)24(26)31-7-3-16-9-19(21(25)10-23(16)31)17-11-27-29(2)12-17/h9-12,18,26,28H,3-8,13-14H2,1-2H3. The first-order chi connectivity index (χ1) is 15.9. The number of carbonyl (C=O) groups excluding carboxylic acids is 1. The molecule has 33 heavy (non-hydrogen) atoms. The Bertz CT molecular complexity index is 1130. The van der Waals surface area contributed by atoms with Crippen molar-refractivity contribution in [1.29, 1.82) is 5.41 Å². The summed E-state index contributed by atoms with van der Waals surface area (Å²) in [4.78, 5) is 15.7. The van der Waals surface area contributed by atoms with Crippen LogP contribution in [0.5, 0.6) is 0 Å². The van der Waals surface area contributed by atoms with Crippen LogP contribution in [0.15, 0.2) is 35.8 Å². The Balaban J connectivity index is 1.46. The second-order valence-electron chi connectivity index (χ2n) is 8.97. The fourth-order valence-corrected chi connectivity index (χ4v) is 4.89. The molecule has 9 heteroatoms. The fraction of sp³-hybridized carbons (Fsp3) is 0.458. The average Bonchev–Trinajstić information content (AvgIpc) is 3.54. The topological polar surface area (TPSA) is 86.5 Å². The number of anilines is 1. The van der Waals surface area contributed by atoms with E-state index in [1.165, 1.54) is 6.07 Å². The molecule has 5 rings (SSSR count). The minimum atomic E-state index is -0.328. The van der Waals surface area contributed by atoms with E-state index >= 15 is 4.39 Å². The molecule has 2 aromatic rings. The molecule has 2 N–H and O–H groups in total. The van der Waals surface area contributed by atoms with Crippen molar-refractivity contribution in [3.05, 3.63) is 47.2 Å². The predicted octanol–water partition coefficient (Wildman–Crippen LogP) is 2.45. The summed E-state index contributed by atoms with van der Waals surface area (Å²) < 4.78 is 22.3. The molecule has 4 heterocycles. The number of benzene rings is 1. The first kappa shape index (κ1) is 21.6. The molecular formula is C24H29FN6O2. The van der Waals surface area contributed by atoms with Crippen LogP contribution in [0.1, 0.15) is 25.3 Å². The van der Waals surface area contributed by atoms with Crippen molar-refractivity contribution in [3.8, 4) is 11.1 Å². The number of aryl methyl sites for hydroxylation is 1. The van der Waals surface area contributed by atoms with Gasteiger partial charge in [0.25, 0.3) is 0 Å². The molecule has 0 spiro atoms. The average molecular weight is 453 g/mol. The molecule has 1 amide bonds. The summed E-state index contributed by atoms with van der Waals surface area (Å²) in [5, 5.41) is 16.8. The summed E-state index contributed by atoms with van der Waals surface area (Å²) in [5.74, 6) is -0.00180. The van der Waals surface area contributed by atoms with E-state index in [-0.39, 0.29) is 17.8 Å². The highest BCUT2D eigenvalue weighted by atomic mass is 19.1. The van der Waals surface area contributed by atoms with Crippen LogP contribution in [-0.2, 0) is 23.0 Å². The number of amides is 1. The Morgan fingerprint density at radius 3 is 2.85 bits per heavy atom. The molecule has 1 saturated heterocycles. The zero-order valence-electron chi connectivity index (χ0n) is 19.0. The van der Waals surface area contributed by atoms with Gasteiger partial charge < -0.3 is 19.9 Å². The van der Waals surface area contributed by atoms with Crippen LogP contribution in [0.2, 0.25) is 0 Å². The Kier molecular flexibility index (Phi) is 5.65. The van der Waals surface area contributed by atoms with Gasteiger partial charge in [0, 0.05) is 74.4 Å². The van der Waals surface area contributed by atoms with E-state index in [1.54, 1.807) is 28.9 Å². The Morgan fingerprint density at radius 2 is 2.15 bits per heavy atom. The summed E-state index contributed by atoms with van der Waals surface area (Å²) in [6, 6.07) is 3.63. The Morgan fingerprint density at radius 1 is 1.30 bits per heavy atom. The molecule has 1 atom stereocenters. The number of hydrogen-bond donors (Lipinski definition) is 2. The Hall–Kier alpha value is -3.20. The highest BCUT2D eigenvalue weighted by Gasteiger charge is 2.32. The van der Waals surface area contributed by atoms with Gasteiger partial charge in [0.05, 0.1) is 25.4 Å². The van der Waals surface area contributed by atoms with Crippen LogP contribution in [-0.4, -0.2) is 65.3 Å². The Labute approximate surface area is 192 Å². The van der Waals surface area contributed by atoms with Crippen molar-refractivity contribution in [3.63, 3.8) is 0 Å². The normalized spacial score (nSPS) is 20.4. The molecule has 0 radical (unpaired) electrons. The number of nitrogens with one attached hydrogen (secondary N) is 2. The number of nitrogens with zero attached hydrogens (tertiary/aromatic N) is 4. The molecule has 1 aromatic carbocycles. The first-order valence-electron chi connectivity index (χ1n) is 11.4. The molecule has 0 bridgehead atoms. The number of amidine groups is 1. The molecule has 174 valence electrons. The highest BCUT2D eigenvalue weighted by molar-refractivity contribution is 6.10. The van der Waals surface area contributed by atoms with Crippen LogP contribution in [0.4, 0.5) is 10.1 Å². The van der Waals surface area contributed by atoms with Gasteiger partial charge in [-0.15, -0.1) is 0 Å². The maximum absolute atomic E-state index is 15.1. The fourth-order valence-electron chi connectivity index (χ4n) is 4.89. The zero-order valence-corrected chi connectivity index (χ0v) is 19.0. The quantitative estimate of drug-likeness (QED) is 0.550. The number of fused-ring (bicyclic) bond motifs is 1. The van der Waals surface area contributed by atoms with Crippen LogP contribution in [0.3, 0.4) is 0 Å². The van der Waals surface area contributed by atoms with Crippen molar-refractivity contribution in [1.82, 2.24) is 20.0 Å². The maximum Gasteiger partial charge on any atom is 0.219 e. The second kappa shape index (κ2) is 8.62. The van der Waals surface area contributed by atoms with E-state index in [0.717, 1.165) is 47.5 Å². The summed E-state index contributed by atoms with van der Waals surface area (Å²) in [6.07, 6.45) is 5.78. The van der Waals surface area contributed by atoms with E-state index in [2.05, 4.69) is 10.4 Å². The summed E-state index contributed by atoms with van der Waals surface area (Å²) in [5.41, 5.74) is 4.80. The lowest BCUT2D eigenvalue weighted by Gasteiger charge is -2.34. The van der Waals surface area contributed by atoms with Crippen molar-refractivity contribution in [2.75, 3.05) is 37.7 Å². The smallest absolute Gasteiger partial charge is 0.219 e. The van der Waals surface area contributed by atoms with Crippen molar-refractivity contribution in [2.45, 2.75) is 32.2 Å². The molecule has 1 fully saturated rings. The molecule has 8 nitrogen and oxygen atoms in total. The zero-order chi connectivity index (χ0) is 23.1. The number of aromatic nitrogens is 2. The van der Waals surface area contributed by atoms with Crippen molar-refractivity contribution in [2.24, 2.45) is 7.05 Å². The molecule has 1 unspecified atom stereocenters. The first-order valence-corrected chi connectivity index (χ1v) is 11.4. The van der Waals surface area contributed by atoms with Crippen LogP contribution < -0.4 is 10.2 Å². The molecule has 3 aliphatic rings. The van der Waals surface area contributed by atoms with Gasteiger partial charge in [-0.25, -0.2) is 4.39 Å². The van der Waals surface area contributed by atoms with Gasteiger partial charge in [-0.05, 0) is 30.5 Å². The lowest BCUT2D eigenvalue weighted by molar-refractivity contribution is -0.128. The minimum Gasteiger partial charge on any atom is -0.383 e. The number of rotatable bonds is 4. The monoisotopic (exact) mass is 452 g/mol. The van der Waals surface area contributed by atoms with Gasteiger partial charge in [-0.1, -0.05) is 0 Å². The molecule has 0 aliphatic carbocycles. The van der Waals surface area contributed by atoms with Gasteiger partial charge in [-0.2, -0.15) is 5.10 Å². The van der Waals surface area contributed by atoms with Crippen LogP contribution in [0, 0.1) is 11.2 Å². The van der Waals surface area contributed by atoms with E-state index in [9.17, 15) is 4.79 Å². The lowest BCUT2D eigenvalue weighted by Crippen LogP contribution is -2.44. The van der Waals surface area contributed by atoms with Crippen molar-refractivity contribution < 1.29 is 13.9 Å². The van der Waals surface area contributed by atoms with Gasteiger partial charge in [0.15, 0.2) is 0 Å². The van der Waals surface area contributed by atoms with E-state index in [4.69, 9.17) is 10.1 Å². The number of halogens is 1. The SMILES string of the molecule is CC(=O)N1CCC(NC2CCOC2)=C(C(=N)N2CCc3cc(-c4cnn(C)c4)c(F)cc32)C1. The predicted molar refractivity (Wildman–Crippen MR) is 124 cm³/mol. The largest absolute Gasteiger partial charge is 0.383 e. The number of hydrogen-bond acceptors (Lipinski definition) is 5. The van der Waals surface area contributed by atoms with Crippen LogP contribution in [0.25, 0.3) is 11.1 Å². The maximum atomic E-state index is 15.1. The molecular weight excluding hydrogens is 423 g/mol. The number of carbonyl (C=O) groups is 1. The number of ether oxygens (including phenoxy) is 1. The third kappa shape index (κ3) is 4.13. The van der Waals surface area contributed by atoms with Gasteiger partial charge in [-0.3, -0.25) is 14.9 Å². The van der Waals surface area contributed by atoms with Crippen molar-refractivity contribution >= 4 is 17.4 Å². The minimum absolute atomic E-state index is 0.00229. The van der Waals surface area contributed by atoms with Gasteiger partial charge in [0.2, 0.25) is 5.91 Å². The molecule has 0 saturated carbocycles. The summed E-state index contributed by atoms with van der Waals surface area (Å²) in [7, 11) is 1.81. The third-order valence-electron chi connectivity index (χ3n) is 6.73. The second-order valence-corrected chi connectivity index (χ2v) is 8.97. The molecule has 3 aliphatic heterocycles. The van der Waals surface area contributed by atoms with E-state index < -0.39 is 0 Å². The van der Waals surface area contributed by atoms with E-state index in [1.807, 2.05) is 18.0 Å². The highest BCUT2D eigenvalue weighted by Crippen LogP contribution is 2.36. The van der Waals surface area contributed by atoms with E-state index in [0.29, 0.717) is 44.1 Å². The van der Waals surface area contributed by atoms with Gasteiger partial charge in [0.1, 0.15) is 11.7 Å².